The smallest absolute Gasteiger partial charge is 0.251 e. The van der Waals surface area contributed by atoms with Gasteiger partial charge in [0.25, 0.3) is 11.8 Å². The van der Waals surface area contributed by atoms with Gasteiger partial charge < -0.3 is 20.7 Å². The number of nitrogens with one attached hydrogen (secondary N) is 3. The molecule has 1 unspecified atom stereocenters. The van der Waals surface area contributed by atoms with E-state index in [1.807, 2.05) is 6.92 Å². The van der Waals surface area contributed by atoms with E-state index >= 15 is 0 Å². The largest absolute Gasteiger partial charge is 0.374 e. The molecule has 7 heteroatoms. The Morgan fingerprint density at radius 2 is 1.70 bits per heavy atom. The average molecular weight is 373 g/mol. The van der Waals surface area contributed by atoms with Gasteiger partial charge in [0.2, 0.25) is 5.91 Å². The summed E-state index contributed by atoms with van der Waals surface area (Å²) >= 11 is 0. The van der Waals surface area contributed by atoms with E-state index in [-0.39, 0.29) is 30.2 Å². The van der Waals surface area contributed by atoms with Gasteiger partial charge in [-0.05, 0) is 50.0 Å². The lowest BCUT2D eigenvalue weighted by molar-refractivity contribution is -0.118. The van der Waals surface area contributed by atoms with Gasteiger partial charge in [-0.25, -0.2) is 0 Å². The molecule has 1 aromatic carbocycles. The molecule has 146 valence electrons. The summed E-state index contributed by atoms with van der Waals surface area (Å²) in [6.45, 7) is 2.44. The fourth-order valence-corrected chi connectivity index (χ4v) is 3.12. The highest BCUT2D eigenvalue weighted by atomic mass is 16.5. The first-order valence-corrected chi connectivity index (χ1v) is 9.18. The molecule has 0 aliphatic heterocycles. The zero-order valence-corrected chi connectivity index (χ0v) is 16.1. The number of allylic oxidation sites excluding steroid dienone is 1. The molecule has 1 aliphatic carbocycles. The summed E-state index contributed by atoms with van der Waals surface area (Å²) in [5.74, 6) is -0.891. The molecule has 0 radical (unpaired) electrons. The van der Waals surface area contributed by atoms with Crippen LogP contribution in [0.2, 0.25) is 0 Å². The van der Waals surface area contributed by atoms with Gasteiger partial charge >= 0.3 is 0 Å². The summed E-state index contributed by atoms with van der Waals surface area (Å²) < 4.78 is 5.74. The second kappa shape index (κ2) is 9.87. The Morgan fingerprint density at radius 1 is 1.07 bits per heavy atom. The van der Waals surface area contributed by atoms with Crippen LogP contribution in [0.15, 0.2) is 29.8 Å². The van der Waals surface area contributed by atoms with Crippen molar-refractivity contribution in [3.63, 3.8) is 0 Å². The summed E-state index contributed by atoms with van der Waals surface area (Å²) in [4.78, 5) is 36.5. The van der Waals surface area contributed by atoms with Gasteiger partial charge in [-0.3, -0.25) is 14.4 Å². The Balaban J connectivity index is 2.17. The molecular weight excluding hydrogens is 346 g/mol. The van der Waals surface area contributed by atoms with Crippen molar-refractivity contribution in [1.29, 1.82) is 0 Å². The second-order valence-corrected chi connectivity index (χ2v) is 6.32. The molecule has 0 fully saturated rings. The number of hydrogen-bond acceptors (Lipinski definition) is 4. The monoisotopic (exact) mass is 373 g/mol. The topological polar surface area (TPSA) is 96.5 Å². The Morgan fingerprint density at radius 3 is 2.19 bits per heavy atom. The third kappa shape index (κ3) is 5.65. The van der Waals surface area contributed by atoms with Gasteiger partial charge in [-0.1, -0.05) is 6.08 Å². The van der Waals surface area contributed by atoms with Gasteiger partial charge in [0.15, 0.2) is 0 Å². The molecule has 7 nitrogen and oxygen atoms in total. The zero-order chi connectivity index (χ0) is 19.8. The maximum absolute atomic E-state index is 12.5. The van der Waals surface area contributed by atoms with Crippen LogP contribution in [0.4, 0.5) is 5.69 Å². The molecule has 2 rings (SSSR count). The van der Waals surface area contributed by atoms with Crippen molar-refractivity contribution in [3.05, 3.63) is 41.0 Å². The fraction of sp³-hybridized carbons (Fsp3) is 0.450. The first kappa shape index (κ1) is 20.6. The van der Waals surface area contributed by atoms with Gasteiger partial charge in [-0.15, -0.1) is 0 Å². The summed E-state index contributed by atoms with van der Waals surface area (Å²) in [7, 11) is 3.02. The minimum absolute atomic E-state index is 0.194. The molecular formula is C20H27N3O4. The number of carbonyl (C=O) groups is 3. The molecule has 0 aromatic heterocycles. The van der Waals surface area contributed by atoms with Crippen LogP contribution in [-0.2, 0) is 9.53 Å². The second-order valence-electron chi connectivity index (χ2n) is 6.32. The third-order valence-corrected chi connectivity index (χ3v) is 4.42. The Kier molecular flexibility index (Phi) is 7.55. The average Bonchev–Trinajstić information content (AvgIpc) is 3.20. The predicted molar refractivity (Wildman–Crippen MR) is 104 cm³/mol. The number of rotatable bonds is 8. The van der Waals surface area contributed by atoms with Gasteiger partial charge in [0.05, 0.1) is 12.5 Å². The van der Waals surface area contributed by atoms with Gasteiger partial charge in [0, 0.05) is 37.5 Å². The third-order valence-electron chi connectivity index (χ3n) is 4.42. The van der Waals surface area contributed by atoms with E-state index in [4.69, 9.17) is 4.74 Å². The molecule has 3 amide bonds. The predicted octanol–water partition coefficient (Wildman–Crippen LogP) is 2.25. The summed E-state index contributed by atoms with van der Waals surface area (Å²) in [5, 5.41) is 7.83. The summed E-state index contributed by atoms with van der Waals surface area (Å²) in [6.07, 6.45) is 5.15. The zero-order valence-electron chi connectivity index (χ0n) is 16.1. The molecule has 1 atom stereocenters. The summed E-state index contributed by atoms with van der Waals surface area (Å²) in [6, 6.07) is 4.58. The van der Waals surface area contributed by atoms with Crippen LogP contribution in [0.5, 0.6) is 0 Å². The lowest BCUT2D eigenvalue weighted by atomic mass is 10.0. The Labute approximate surface area is 159 Å². The van der Waals surface area contributed by atoms with E-state index in [9.17, 15) is 14.4 Å². The van der Waals surface area contributed by atoms with Crippen molar-refractivity contribution in [3.8, 4) is 0 Å². The van der Waals surface area contributed by atoms with Crippen LogP contribution in [0, 0.1) is 0 Å². The molecule has 3 N–H and O–H groups in total. The van der Waals surface area contributed by atoms with Gasteiger partial charge in [0.1, 0.15) is 0 Å². The SMILES string of the molecule is CCOC(CC(=O)Nc1cc(C(=O)NC)cc(C(=O)NC)c1)C1=CCCC1. The number of ether oxygens (including phenoxy) is 1. The molecule has 0 saturated carbocycles. The Bertz CT molecular complexity index is 708. The minimum atomic E-state index is -0.334. The van der Waals surface area contributed by atoms with Crippen LogP contribution in [0.1, 0.15) is 53.3 Å². The molecule has 0 heterocycles. The van der Waals surface area contributed by atoms with Crippen LogP contribution in [-0.4, -0.2) is 44.5 Å². The molecule has 27 heavy (non-hydrogen) atoms. The standard InChI is InChI=1S/C20H27N3O4/c1-4-27-17(13-7-5-6-8-13)12-18(24)23-16-10-14(19(25)21-2)9-15(11-16)20(26)22-3/h7,9-11,17H,4-6,8,12H2,1-3H3,(H,21,25)(H,22,26)(H,23,24). The molecule has 1 aromatic rings. The number of hydrogen-bond donors (Lipinski definition) is 3. The van der Waals surface area contributed by atoms with E-state index in [1.54, 1.807) is 12.1 Å². The van der Waals surface area contributed by atoms with E-state index in [1.165, 1.54) is 20.2 Å². The van der Waals surface area contributed by atoms with E-state index in [2.05, 4.69) is 22.0 Å². The first-order chi connectivity index (χ1) is 13.0. The van der Waals surface area contributed by atoms with Crippen molar-refractivity contribution in [2.75, 3.05) is 26.0 Å². The van der Waals surface area contributed by atoms with Crippen LogP contribution in [0.25, 0.3) is 0 Å². The highest BCUT2D eigenvalue weighted by Gasteiger charge is 2.21. The van der Waals surface area contributed by atoms with Crippen molar-refractivity contribution in [1.82, 2.24) is 10.6 Å². The highest BCUT2D eigenvalue weighted by molar-refractivity contribution is 6.02. The quantitative estimate of drug-likeness (QED) is 0.609. The van der Waals surface area contributed by atoms with E-state index in [0.717, 1.165) is 24.8 Å². The van der Waals surface area contributed by atoms with Crippen molar-refractivity contribution < 1.29 is 19.1 Å². The Hall–Kier alpha value is -2.67. The number of benzene rings is 1. The highest BCUT2D eigenvalue weighted by Crippen LogP contribution is 2.25. The molecule has 0 bridgehead atoms. The molecule has 1 aliphatic rings. The first-order valence-electron chi connectivity index (χ1n) is 9.18. The van der Waals surface area contributed by atoms with Gasteiger partial charge in [-0.2, -0.15) is 0 Å². The van der Waals surface area contributed by atoms with E-state index in [0.29, 0.717) is 23.4 Å². The lowest BCUT2D eigenvalue weighted by Crippen LogP contribution is -2.25. The van der Waals surface area contributed by atoms with Crippen LogP contribution in [0.3, 0.4) is 0 Å². The number of carbonyl (C=O) groups excluding carboxylic acids is 3. The normalized spacial score (nSPS) is 14.3. The van der Waals surface area contributed by atoms with Crippen molar-refractivity contribution in [2.45, 2.75) is 38.7 Å². The van der Waals surface area contributed by atoms with Crippen LogP contribution < -0.4 is 16.0 Å². The number of amides is 3. The fourth-order valence-electron chi connectivity index (χ4n) is 3.12. The number of anilines is 1. The van der Waals surface area contributed by atoms with Crippen LogP contribution >= 0.6 is 0 Å². The maximum atomic E-state index is 12.5. The summed E-state index contributed by atoms with van der Waals surface area (Å²) in [5.41, 5.74) is 2.16. The van der Waals surface area contributed by atoms with Crippen molar-refractivity contribution in [2.24, 2.45) is 0 Å². The minimum Gasteiger partial charge on any atom is -0.374 e. The van der Waals surface area contributed by atoms with E-state index < -0.39 is 0 Å². The maximum Gasteiger partial charge on any atom is 0.251 e. The molecule has 0 saturated heterocycles. The molecule has 0 spiro atoms. The lowest BCUT2D eigenvalue weighted by Gasteiger charge is -2.18. The van der Waals surface area contributed by atoms with Crippen molar-refractivity contribution >= 4 is 23.4 Å².